The summed E-state index contributed by atoms with van der Waals surface area (Å²) in [6.45, 7) is 7.11. The molecule has 18 unspecified atom stereocenters. The Hall–Kier alpha value is -5.08. The van der Waals surface area contributed by atoms with Crippen molar-refractivity contribution in [1.29, 1.82) is 0 Å². The summed E-state index contributed by atoms with van der Waals surface area (Å²) in [5.74, 6) is 1.04. The van der Waals surface area contributed by atoms with Crippen LogP contribution in [0, 0.1) is 63.1 Å². The first-order chi connectivity index (χ1) is 43.7. The predicted molar refractivity (Wildman–Crippen MR) is 358 cm³/mol. The molecule has 1 aliphatic heterocycles. The molecule has 7 fully saturated rings. The Kier molecular flexibility index (Phi) is 16.3. The van der Waals surface area contributed by atoms with E-state index in [9.17, 15) is 20.1 Å². The average molecular weight is 1210 g/mol. The summed E-state index contributed by atoms with van der Waals surface area (Å²) in [5.41, 5.74) is 6.98. The zero-order valence-corrected chi connectivity index (χ0v) is 54.6. The molecule has 478 valence electrons. The average Bonchev–Trinajstić information content (AvgIpc) is 1.26. The van der Waals surface area contributed by atoms with E-state index in [1.165, 1.54) is 80.7 Å². The number of hydrogen-bond acceptors (Lipinski definition) is 7. The first-order valence-corrected chi connectivity index (χ1v) is 36.5. The minimum Gasteiger partial charge on any atom is -0.462 e. The van der Waals surface area contributed by atoms with E-state index in [4.69, 9.17) is 9.47 Å². The topological polar surface area (TPSA) is 113 Å². The second-order valence-corrected chi connectivity index (χ2v) is 32.5. The maximum Gasteiger partial charge on any atom is 0.331 e. The lowest BCUT2D eigenvalue weighted by atomic mass is 9.36. The highest BCUT2D eigenvalue weighted by Crippen LogP contribution is 2.81. The second-order valence-electron chi connectivity index (χ2n) is 32.5. The van der Waals surface area contributed by atoms with Gasteiger partial charge in [-0.1, -0.05) is 187 Å². The highest BCUT2D eigenvalue weighted by Gasteiger charge is 2.76. The molecule has 10 aliphatic rings. The number of ether oxygens (including phenoxy) is 2. The highest BCUT2D eigenvalue weighted by atomic mass is 16.5. The molecule has 7 saturated carbocycles. The van der Waals surface area contributed by atoms with Crippen molar-refractivity contribution in [2.24, 2.45) is 63.1 Å². The number of carbonyl (C=O) groups excluding carboxylic acids is 2. The van der Waals surface area contributed by atoms with Crippen LogP contribution in [0.4, 0.5) is 0 Å². The normalized spacial score (nSPS) is 37.9. The number of aryl methyl sites for hydroxylation is 1. The summed E-state index contributed by atoms with van der Waals surface area (Å²) in [5, 5.41) is 45.3. The lowest BCUT2D eigenvalue weighted by Crippen LogP contribution is -2.77. The fraction of sp³-hybridized carbons (Fsp3) is 0.614. The van der Waals surface area contributed by atoms with Crippen LogP contribution >= 0.6 is 0 Å². The third-order valence-electron chi connectivity index (χ3n) is 28.4. The zero-order chi connectivity index (χ0) is 61.6. The van der Waals surface area contributed by atoms with Crippen molar-refractivity contribution >= 4 is 22.7 Å². The van der Waals surface area contributed by atoms with Gasteiger partial charge in [0.2, 0.25) is 0 Å². The minimum atomic E-state index is -1.57. The van der Waals surface area contributed by atoms with Crippen LogP contribution in [0.15, 0.2) is 133 Å². The van der Waals surface area contributed by atoms with E-state index in [0.717, 1.165) is 89.0 Å². The summed E-state index contributed by atoms with van der Waals surface area (Å²) >= 11 is 0. The molecule has 15 rings (SSSR count). The van der Waals surface area contributed by atoms with E-state index in [-0.39, 0.29) is 47.6 Å². The van der Waals surface area contributed by atoms with E-state index in [0.29, 0.717) is 66.6 Å². The third-order valence-corrected chi connectivity index (χ3v) is 28.4. The third kappa shape index (κ3) is 9.91. The number of fused-ring (bicyclic) bond motifs is 5. The van der Waals surface area contributed by atoms with Gasteiger partial charge in [0.25, 0.3) is 0 Å². The Morgan fingerprint density at radius 2 is 1.48 bits per heavy atom. The smallest absolute Gasteiger partial charge is 0.331 e. The Balaban J connectivity index is 0.842. The summed E-state index contributed by atoms with van der Waals surface area (Å²) in [7, 11) is 0. The molecule has 90 heavy (non-hydrogen) atoms. The van der Waals surface area contributed by atoms with Gasteiger partial charge in [0.1, 0.15) is 12.7 Å². The van der Waals surface area contributed by atoms with E-state index < -0.39 is 46.6 Å². The molecule has 7 heteroatoms. The van der Waals surface area contributed by atoms with Crippen molar-refractivity contribution in [1.82, 2.24) is 0 Å². The SMILES string of the molecule is CC(CCCc1ccccc1)CCC(O)C12C(O)CCC(C)(C3CCC45CC6(CCCC6)C6CC7(c8ccccc8)CCCCC7c7ccc8cccc(c8c7C64)C5C3)C1C(OC(=O)C1CCCC(Cc3ccccc3)C1)CC(C)C2(O)CCC1=CC(=O)OC1. The van der Waals surface area contributed by atoms with Crippen molar-refractivity contribution in [3.63, 3.8) is 0 Å². The van der Waals surface area contributed by atoms with Gasteiger partial charge in [-0.15, -0.1) is 0 Å². The lowest BCUT2D eigenvalue weighted by molar-refractivity contribution is -0.328. The first kappa shape index (κ1) is 61.1. The van der Waals surface area contributed by atoms with E-state index in [1.807, 2.05) is 0 Å². The van der Waals surface area contributed by atoms with Crippen LogP contribution in [0.2, 0.25) is 0 Å². The molecule has 0 amide bonds. The number of carbonyl (C=O) groups is 2. The molecule has 0 radical (unpaired) electrons. The zero-order valence-electron chi connectivity index (χ0n) is 54.6. The quantitative estimate of drug-likeness (QED) is 0.0795. The van der Waals surface area contributed by atoms with Gasteiger partial charge < -0.3 is 24.8 Å². The van der Waals surface area contributed by atoms with Crippen LogP contribution in [-0.4, -0.2) is 57.8 Å². The van der Waals surface area contributed by atoms with Gasteiger partial charge in [-0.25, -0.2) is 4.79 Å². The van der Waals surface area contributed by atoms with E-state index in [1.54, 1.807) is 33.7 Å². The van der Waals surface area contributed by atoms with Crippen LogP contribution in [0.3, 0.4) is 0 Å². The van der Waals surface area contributed by atoms with Gasteiger partial charge in [-0.3, -0.25) is 4.79 Å². The van der Waals surface area contributed by atoms with Crippen LogP contribution in [-0.2, 0) is 37.3 Å². The number of rotatable bonds is 17. The van der Waals surface area contributed by atoms with Crippen LogP contribution in [0.1, 0.15) is 239 Å². The van der Waals surface area contributed by atoms with Gasteiger partial charge in [-0.2, -0.15) is 0 Å². The van der Waals surface area contributed by atoms with Crippen molar-refractivity contribution in [3.8, 4) is 0 Å². The molecule has 3 N–H and O–H groups in total. The largest absolute Gasteiger partial charge is 0.462 e. The van der Waals surface area contributed by atoms with Crippen LogP contribution in [0.25, 0.3) is 10.8 Å². The molecular formula is C83H104O7. The number of aliphatic hydroxyl groups is 3. The maximum absolute atomic E-state index is 15.6. The molecular weight excluding hydrogens is 1110 g/mol. The van der Waals surface area contributed by atoms with Gasteiger partial charge in [0, 0.05) is 17.4 Å². The number of cyclic esters (lactones) is 1. The number of aliphatic hydroxyl groups excluding tert-OH is 2. The molecule has 2 spiro atoms. The molecule has 1 heterocycles. The van der Waals surface area contributed by atoms with Gasteiger partial charge >= 0.3 is 11.9 Å². The summed E-state index contributed by atoms with van der Waals surface area (Å²) < 4.78 is 12.9. The molecule has 9 aliphatic carbocycles. The Bertz CT molecular complexity index is 3440. The Labute approximate surface area is 538 Å². The monoisotopic (exact) mass is 1210 g/mol. The Morgan fingerprint density at radius 1 is 0.722 bits per heavy atom. The minimum absolute atomic E-state index is 0.0888. The number of hydrogen-bond donors (Lipinski definition) is 3. The maximum atomic E-state index is 15.6. The molecule has 5 aromatic rings. The summed E-state index contributed by atoms with van der Waals surface area (Å²) in [4.78, 5) is 28.3. The van der Waals surface area contributed by atoms with Crippen molar-refractivity contribution in [3.05, 3.63) is 166 Å². The van der Waals surface area contributed by atoms with Crippen molar-refractivity contribution in [2.75, 3.05) is 6.61 Å². The molecule has 5 aromatic carbocycles. The number of benzene rings is 5. The molecule has 0 bridgehead atoms. The summed E-state index contributed by atoms with van der Waals surface area (Å²) in [6, 6.07) is 45.9. The van der Waals surface area contributed by atoms with E-state index in [2.05, 4.69) is 142 Å². The van der Waals surface area contributed by atoms with E-state index >= 15 is 4.79 Å². The fourth-order valence-electron chi connectivity index (χ4n) is 24.6. The van der Waals surface area contributed by atoms with Crippen molar-refractivity contribution in [2.45, 2.75) is 248 Å². The standard InChI is InChI=1S/C83H104O7/c1-54(20-17-25-56-21-7-4-8-22-56)33-36-70(84)83-71(85)39-43-78(3,76(83)69(46-55(2)82(83,88)45-37-59-49-72(86)89-52-59)90-77(87)61-28-18-26-58(48-61)47-57-23-9-5-10-24-57)63-38-44-81-53-79(40-15-16-41-79)68-51-80(62-29-11-6-12-30-62)42-14-13-32-66(80)65-35-34-60-27-19-31-64(67(81)50-63)73(60)74(65)75(68)81/h4-12,19,21-24,27,29-31,34-35,49,54-55,58,61,63,66-71,75-76,84-85,88H,13-18,20,25-26,28,32-33,36-48,50-53H2,1-3H3. The van der Waals surface area contributed by atoms with Crippen LogP contribution in [0.5, 0.6) is 0 Å². The molecule has 18 atom stereocenters. The molecule has 0 aromatic heterocycles. The second kappa shape index (κ2) is 24.0. The lowest BCUT2D eigenvalue weighted by Gasteiger charge is -2.71. The van der Waals surface area contributed by atoms with Crippen LogP contribution < -0.4 is 0 Å². The number of esters is 2. The molecule has 0 saturated heterocycles. The highest BCUT2D eigenvalue weighted by molar-refractivity contribution is 5.93. The van der Waals surface area contributed by atoms with Crippen molar-refractivity contribution < 1.29 is 34.4 Å². The Morgan fingerprint density at radius 3 is 2.24 bits per heavy atom. The fourth-order valence-corrected chi connectivity index (χ4v) is 24.6. The van der Waals surface area contributed by atoms with Gasteiger partial charge in [-0.05, 0) is 248 Å². The molecule has 7 nitrogen and oxygen atoms in total. The van der Waals surface area contributed by atoms with Gasteiger partial charge in [0.15, 0.2) is 0 Å². The van der Waals surface area contributed by atoms with Gasteiger partial charge in [0.05, 0.1) is 29.1 Å². The first-order valence-electron chi connectivity index (χ1n) is 36.5. The summed E-state index contributed by atoms with van der Waals surface area (Å²) in [6.07, 6.45) is 26.1. The predicted octanol–water partition coefficient (Wildman–Crippen LogP) is 17.9.